The van der Waals surface area contributed by atoms with Gasteiger partial charge in [-0.1, -0.05) is 18.2 Å². The second kappa shape index (κ2) is 5.88. The van der Waals surface area contributed by atoms with Crippen molar-refractivity contribution in [3.8, 4) is 0 Å². The highest BCUT2D eigenvalue weighted by Gasteiger charge is 2.35. The summed E-state index contributed by atoms with van der Waals surface area (Å²) in [6.45, 7) is 1.35. The molecule has 19 heavy (non-hydrogen) atoms. The summed E-state index contributed by atoms with van der Waals surface area (Å²) < 4.78 is 5.13. The lowest BCUT2D eigenvalue weighted by atomic mass is 10.2. The third-order valence-electron chi connectivity index (χ3n) is 2.66. The number of thioether (sulfide) groups is 1. The van der Waals surface area contributed by atoms with Gasteiger partial charge in [0.2, 0.25) is 11.8 Å². The Hall–Kier alpha value is -1.82. The van der Waals surface area contributed by atoms with E-state index in [-0.39, 0.29) is 24.2 Å². The van der Waals surface area contributed by atoms with Crippen LogP contribution in [-0.4, -0.2) is 40.4 Å². The third kappa shape index (κ3) is 3.14. The van der Waals surface area contributed by atoms with Gasteiger partial charge in [-0.2, -0.15) is 0 Å². The summed E-state index contributed by atoms with van der Waals surface area (Å²) in [5.41, 5.74) is 0.450. The minimum atomic E-state index is -0.455. The van der Waals surface area contributed by atoms with E-state index in [0.29, 0.717) is 5.56 Å². The average molecular weight is 279 g/mol. The number of imide groups is 1. The predicted octanol–water partition coefficient (Wildman–Crippen LogP) is 1.29. The largest absolute Gasteiger partial charge is 0.459 e. The van der Waals surface area contributed by atoms with E-state index in [4.69, 9.17) is 4.74 Å². The van der Waals surface area contributed by atoms with Gasteiger partial charge in [-0.05, 0) is 12.1 Å². The van der Waals surface area contributed by atoms with Gasteiger partial charge in [0.05, 0.1) is 11.3 Å². The van der Waals surface area contributed by atoms with E-state index in [1.807, 2.05) is 0 Å². The van der Waals surface area contributed by atoms with Crippen LogP contribution in [-0.2, 0) is 14.3 Å². The molecule has 5 nitrogen and oxygen atoms in total. The number of hydrogen-bond acceptors (Lipinski definition) is 5. The molecule has 1 unspecified atom stereocenters. The Bertz CT molecular complexity index is 503. The van der Waals surface area contributed by atoms with E-state index in [1.165, 1.54) is 18.7 Å². The van der Waals surface area contributed by atoms with Crippen LogP contribution < -0.4 is 0 Å². The van der Waals surface area contributed by atoms with Crippen molar-refractivity contribution in [2.24, 2.45) is 0 Å². The molecule has 0 aliphatic carbocycles. The molecule has 6 heteroatoms. The number of carbonyl (C=O) groups is 3. The molecule has 1 aliphatic rings. The average Bonchev–Trinajstić information content (AvgIpc) is 2.78. The first-order chi connectivity index (χ1) is 9.09. The summed E-state index contributed by atoms with van der Waals surface area (Å²) in [5.74, 6) is -0.772. The van der Waals surface area contributed by atoms with Crippen molar-refractivity contribution in [2.45, 2.75) is 12.3 Å². The summed E-state index contributed by atoms with van der Waals surface area (Å²) in [7, 11) is 0. The maximum Gasteiger partial charge on any atom is 0.338 e. The molecule has 1 fully saturated rings. The Morgan fingerprint density at radius 1 is 1.37 bits per heavy atom. The van der Waals surface area contributed by atoms with Crippen LogP contribution in [0.3, 0.4) is 0 Å². The van der Waals surface area contributed by atoms with Crippen molar-refractivity contribution in [3.63, 3.8) is 0 Å². The van der Waals surface area contributed by atoms with Crippen molar-refractivity contribution in [1.29, 1.82) is 0 Å². The minimum absolute atomic E-state index is 0.0176. The van der Waals surface area contributed by atoms with E-state index < -0.39 is 11.3 Å². The third-order valence-corrected chi connectivity index (χ3v) is 3.81. The van der Waals surface area contributed by atoms with Gasteiger partial charge in [-0.15, -0.1) is 11.8 Å². The van der Waals surface area contributed by atoms with Crippen LogP contribution in [0.4, 0.5) is 0 Å². The second-order valence-corrected chi connectivity index (χ2v) is 5.18. The first kappa shape index (κ1) is 13.6. The van der Waals surface area contributed by atoms with Crippen molar-refractivity contribution in [1.82, 2.24) is 4.90 Å². The van der Waals surface area contributed by atoms with Gasteiger partial charge in [-0.25, -0.2) is 4.79 Å². The molecule has 1 heterocycles. The van der Waals surface area contributed by atoms with Gasteiger partial charge < -0.3 is 4.74 Å². The van der Waals surface area contributed by atoms with Gasteiger partial charge >= 0.3 is 5.97 Å². The van der Waals surface area contributed by atoms with Gasteiger partial charge in [0, 0.05) is 6.92 Å². The standard InChI is InChI=1S/C13H13NO4S/c1-9(15)14-11(16)8-19-12(14)7-18-13(17)10-5-3-2-4-6-10/h2-6,12H,7-8H2,1H3. The predicted molar refractivity (Wildman–Crippen MR) is 70.5 cm³/mol. The number of benzene rings is 1. The Morgan fingerprint density at radius 2 is 2.05 bits per heavy atom. The van der Waals surface area contributed by atoms with Gasteiger partial charge in [0.25, 0.3) is 0 Å². The van der Waals surface area contributed by atoms with Crippen molar-refractivity contribution in [3.05, 3.63) is 35.9 Å². The summed E-state index contributed by atoms with van der Waals surface area (Å²) in [6.07, 6.45) is 0. The van der Waals surface area contributed by atoms with Crippen LogP contribution in [0.1, 0.15) is 17.3 Å². The maximum absolute atomic E-state index is 11.7. The molecule has 0 aromatic heterocycles. The van der Waals surface area contributed by atoms with E-state index in [9.17, 15) is 14.4 Å². The number of nitrogens with zero attached hydrogens (tertiary/aromatic N) is 1. The fourth-order valence-electron chi connectivity index (χ4n) is 1.78. The zero-order chi connectivity index (χ0) is 13.8. The topological polar surface area (TPSA) is 63.7 Å². The second-order valence-electron chi connectivity index (χ2n) is 4.01. The summed E-state index contributed by atoms with van der Waals surface area (Å²) in [6, 6.07) is 8.59. The lowest BCUT2D eigenvalue weighted by Gasteiger charge is -2.20. The molecule has 2 rings (SSSR count). The lowest BCUT2D eigenvalue weighted by Crippen LogP contribution is -2.39. The number of amides is 2. The molecule has 100 valence electrons. The molecule has 2 amide bonds. The number of carbonyl (C=O) groups excluding carboxylic acids is 3. The highest BCUT2D eigenvalue weighted by Crippen LogP contribution is 2.25. The highest BCUT2D eigenvalue weighted by molar-refractivity contribution is 8.01. The monoisotopic (exact) mass is 279 g/mol. The van der Waals surface area contributed by atoms with Crippen LogP contribution >= 0.6 is 11.8 Å². The maximum atomic E-state index is 11.7. The van der Waals surface area contributed by atoms with Gasteiger partial charge in [0.15, 0.2) is 0 Å². The molecule has 0 N–H and O–H groups in total. The molecule has 1 aromatic carbocycles. The van der Waals surface area contributed by atoms with Crippen molar-refractivity contribution in [2.75, 3.05) is 12.4 Å². The number of rotatable bonds is 3. The summed E-state index contributed by atoms with van der Waals surface area (Å²) >= 11 is 1.30. The fourth-order valence-corrected chi connectivity index (χ4v) is 2.83. The van der Waals surface area contributed by atoms with Crippen LogP contribution in [0.5, 0.6) is 0 Å². The minimum Gasteiger partial charge on any atom is -0.459 e. The summed E-state index contributed by atoms with van der Waals surface area (Å²) in [5, 5.41) is -0.419. The van der Waals surface area contributed by atoms with E-state index >= 15 is 0 Å². The highest BCUT2D eigenvalue weighted by atomic mass is 32.2. The molecule has 0 radical (unpaired) electrons. The van der Waals surface area contributed by atoms with E-state index in [0.717, 1.165) is 4.90 Å². The molecule has 0 bridgehead atoms. The molecular weight excluding hydrogens is 266 g/mol. The molecule has 1 aromatic rings. The van der Waals surface area contributed by atoms with Gasteiger partial charge in [0.1, 0.15) is 12.0 Å². The van der Waals surface area contributed by atoms with Crippen LogP contribution in [0.25, 0.3) is 0 Å². The fraction of sp³-hybridized carbons (Fsp3) is 0.308. The molecule has 0 spiro atoms. The lowest BCUT2D eigenvalue weighted by molar-refractivity contribution is -0.142. The van der Waals surface area contributed by atoms with Crippen LogP contribution in [0, 0.1) is 0 Å². The first-order valence-corrected chi connectivity index (χ1v) is 6.81. The SMILES string of the molecule is CC(=O)N1C(=O)CSC1COC(=O)c1ccccc1. The van der Waals surface area contributed by atoms with Gasteiger partial charge in [-0.3, -0.25) is 14.5 Å². The van der Waals surface area contributed by atoms with Crippen molar-refractivity contribution < 1.29 is 19.1 Å². The number of esters is 1. The van der Waals surface area contributed by atoms with Crippen molar-refractivity contribution >= 4 is 29.5 Å². The Balaban J connectivity index is 1.94. The Morgan fingerprint density at radius 3 is 2.68 bits per heavy atom. The zero-order valence-corrected chi connectivity index (χ0v) is 11.2. The normalized spacial score (nSPS) is 18.5. The first-order valence-electron chi connectivity index (χ1n) is 5.76. The van der Waals surface area contributed by atoms with Crippen LogP contribution in [0.15, 0.2) is 30.3 Å². The van der Waals surface area contributed by atoms with Crippen LogP contribution in [0.2, 0.25) is 0 Å². The molecular formula is C13H13NO4S. The van der Waals surface area contributed by atoms with E-state index in [1.54, 1.807) is 30.3 Å². The number of ether oxygens (including phenoxy) is 1. The zero-order valence-electron chi connectivity index (χ0n) is 10.4. The molecule has 1 atom stereocenters. The number of hydrogen-bond donors (Lipinski definition) is 0. The smallest absolute Gasteiger partial charge is 0.338 e. The quantitative estimate of drug-likeness (QED) is 0.780. The molecule has 0 saturated carbocycles. The Labute approximate surface area is 114 Å². The van der Waals surface area contributed by atoms with E-state index in [2.05, 4.69) is 0 Å². The summed E-state index contributed by atoms with van der Waals surface area (Å²) in [4.78, 5) is 35.7. The molecule has 1 saturated heterocycles. The Kier molecular flexibility index (Phi) is 4.21. The molecule has 1 aliphatic heterocycles.